The number of fused-ring (bicyclic) bond motifs is 2. The molecule has 0 radical (unpaired) electrons. The summed E-state index contributed by atoms with van der Waals surface area (Å²) in [5, 5.41) is 2.21. The van der Waals surface area contributed by atoms with Crippen LogP contribution in [0.3, 0.4) is 0 Å². The molecule has 0 aliphatic rings. The molecule has 4 aromatic rings. The molecule has 0 unspecified atom stereocenters. The van der Waals surface area contributed by atoms with E-state index in [1.807, 2.05) is 25.1 Å². The molecule has 35 heavy (non-hydrogen) atoms. The van der Waals surface area contributed by atoms with Crippen LogP contribution in [0.25, 0.3) is 33.3 Å². The number of aromatic nitrogens is 1. The minimum absolute atomic E-state index is 0.134. The first kappa shape index (κ1) is 24.6. The number of rotatable bonds is 12. The fourth-order valence-corrected chi connectivity index (χ4v) is 4.28. The number of benzene rings is 3. The van der Waals surface area contributed by atoms with Crippen LogP contribution in [0.5, 0.6) is 5.75 Å². The van der Waals surface area contributed by atoms with E-state index in [1.54, 1.807) is 0 Å². The average molecular weight is 475 g/mol. The summed E-state index contributed by atoms with van der Waals surface area (Å²) in [6.07, 6.45) is 3.01. The first-order valence-electron chi connectivity index (χ1n) is 12.6. The quantitative estimate of drug-likeness (QED) is 0.163. The molecule has 1 aromatic heterocycles. The second-order valence-electron chi connectivity index (χ2n) is 8.50. The molecule has 0 spiro atoms. The van der Waals surface area contributed by atoms with Crippen LogP contribution in [0.15, 0.2) is 59.0 Å². The first-order valence-corrected chi connectivity index (χ1v) is 12.6. The lowest BCUT2D eigenvalue weighted by Crippen LogP contribution is -2.21. The van der Waals surface area contributed by atoms with Gasteiger partial charge in [-0.1, -0.05) is 24.3 Å². The molecule has 0 aliphatic carbocycles. The van der Waals surface area contributed by atoms with Gasteiger partial charge < -0.3 is 18.8 Å². The summed E-state index contributed by atoms with van der Waals surface area (Å²) in [5.74, 6) is 1.18. The van der Waals surface area contributed by atoms with Crippen molar-refractivity contribution >= 4 is 33.5 Å². The molecule has 4 rings (SSSR count). The highest BCUT2D eigenvalue weighted by Gasteiger charge is 2.16. The molecule has 0 saturated carbocycles. The number of carbonyl (C=O) groups excluding carboxylic acids is 1. The van der Waals surface area contributed by atoms with Gasteiger partial charge in [0.15, 0.2) is 5.58 Å². The number of esters is 1. The number of nitrogens with zero attached hydrogens (tertiary/aromatic N) is 2. The van der Waals surface area contributed by atoms with Crippen LogP contribution < -0.4 is 9.64 Å². The van der Waals surface area contributed by atoms with Crippen molar-refractivity contribution in [2.75, 3.05) is 31.2 Å². The van der Waals surface area contributed by atoms with Gasteiger partial charge in [0, 0.05) is 31.3 Å². The SMILES string of the molecule is CCOC(=O)CCCCCOc1cc2ccccc2cc1-c1nc2ccc(N(CC)CC)cc2o1. The molecule has 1 heterocycles. The van der Waals surface area contributed by atoms with Gasteiger partial charge >= 0.3 is 5.97 Å². The summed E-state index contributed by atoms with van der Waals surface area (Å²) in [7, 11) is 0. The van der Waals surface area contributed by atoms with Gasteiger partial charge in [-0.25, -0.2) is 4.98 Å². The molecule has 0 saturated heterocycles. The molecule has 0 atom stereocenters. The Hall–Kier alpha value is -3.54. The maximum absolute atomic E-state index is 11.5. The maximum atomic E-state index is 11.5. The number of oxazole rings is 1. The Labute approximate surface area is 206 Å². The number of hydrogen-bond acceptors (Lipinski definition) is 6. The van der Waals surface area contributed by atoms with Crippen LogP contribution in [-0.4, -0.2) is 37.3 Å². The van der Waals surface area contributed by atoms with Gasteiger partial charge in [-0.3, -0.25) is 4.79 Å². The van der Waals surface area contributed by atoms with Gasteiger partial charge in [-0.15, -0.1) is 0 Å². The fourth-order valence-electron chi connectivity index (χ4n) is 4.28. The van der Waals surface area contributed by atoms with Crippen LogP contribution in [0.2, 0.25) is 0 Å². The lowest BCUT2D eigenvalue weighted by molar-refractivity contribution is -0.143. The largest absolute Gasteiger partial charge is 0.493 e. The van der Waals surface area contributed by atoms with E-state index in [0.717, 1.165) is 71.2 Å². The molecule has 6 heteroatoms. The Kier molecular flexibility index (Phi) is 8.24. The zero-order valence-electron chi connectivity index (χ0n) is 20.9. The van der Waals surface area contributed by atoms with Gasteiger partial charge in [0.05, 0.1) is 18.8 Å². The lowest BCUT2D eigenvalue weighted by atomic mass is 10.1. The third kappa shape index (κ3) is 5.94. The number of carbonyl (C=O) groups is 1. The minimum Gasteiger partial charge on any atom is -0.493 e. The van der Waals surface area contributed by atoms with E-state index < -0.39 is 0 Å². The van der Waals surface area contributed by atoms with E-state index in [1.165, 1.54) is 0 Å². The Balaban J connectivity index is 1.55. The van der Waals surface area contributed by atoms with E-state index in [4.69, 9.17) is 18.9 Å². The van der Waals surface area contributed by atoms with Gasteiger partial charge in [0.25, 0.3) is 0 Å². The van der Waals surface area contributed by atoms with Crippen LogP contribution in [0.4, 0.5) is 5.69 Å². The highest BCUT2D eigenvalue weighted by molar-refractivity contribution is 5.90. The molecule has 0 bridgehead atoms. The summed E-state index contributed by atoms with van der Waals surface area (Å²) >= 11 is 0. The summed E-state index contributed by atoms with van der Waals surface area (Å²) in [6.45, 7) is 8.98. The summed E-state index contributed by atoms with van der Waals surface area (Å²) in [5.41, 5.74) is 3.57. The van der Waals surface area contributed by atoms with Crippen molar-refractivity contribution in [1.29, 1.82) is 0 Å². The van der Waals surface area contributed by atoms with Crippen LogP contribution in [0, 0.1) is 0 Å². The maximum Gasteiger partial charge on any atom is 0.305 e. The van der Waals surface area contributed by atoms with E-state index in [9.17, 15) is 4.79 Å². The molecule has 0 amide bonds. The number of ether oxygens (including phenoxy) is 2. The van der Waals surface area contributed by atoms with Gasteiger partial charge in [-0.05, 0) is 75.1 Å². The van der Waals surface area contributed by atoms with Crippen molar-refractivity contribution in [1.82, 2.24) is 4.98 Å². The Morgan fingerprint density at radius 2 is 1.71 bits per heavy atom. The minimum atomic E-state index is -0.134. The van der Waals surface area contributed by atoms with Gasteiger partial charge in [-0.2, -0.15) is 0 Å². The van der Waals surface area contributed by atoms with Crippen molar-refractivity contribution in [3.8, 4) is 17.2 Å². The summed E-state index contributed by atoms with van der Waals surface area (Å²) in [6, 6.07) is 18.5. The second-order valence-corrected chi connectivity index (χ2v) is 8.50. The number of hydrogen-bond donors (Lipinski definition) is 0. The van der Waals surface area contributed by atoms with Crippen molar-refractivity contribution in [2.45, 2.75) is 46.5 Å². The molecule has 6 nitrogen and oxygen atoms in total. The second kappa shape index (κ2) is 11.7. The van der Waals surface area contributed by atoms with E-state index in [-0.39, 0.29) is 5.97 Å². The van der Waals surface area contributed by atoms with E-state index in [2.05, 4.69) is 55.1 Å². The normalized spacial score (nSPS) is 11.2. The van der Waals surface area contributed by atoms with Gasteiger partial charge in [0.2, 0.25) is 5.89 Å². The summed E-state index contributed by atoms with van der Waals surface area (Å²) in [4.78, 5) is 18.6. The van der Waals surface area contributed by atoms with E-state index >= 15 is 0 Å². The number of unbranched alkanes of at least 4 members (excludes halogenated alkanes) is 2. The molecule has 0 fully saturated rings. The van der Waals surface area contributed by atoms with Crippen molar-refractivity contribution < 1.29 is 18.7 Å². The standard InChI is InChI=1S/C29H34N2O4/c1-4-31(5-2)23-15-16-25-27(20-23)35-29(30-25)24-18-21-12-9-10-13-22(21)19-26(24)34-17-11-7-8-14-28(32)33-6-3/h9-10,12-13,15-16,18-20H,4-8,11,14,17H2,1-3H3. The Morgan fingerprint density at radius 1 is 0.943 bits per heavy atom. The highest BCUT2D eigenvalue weighted by atomic mass is 16.5. The van der Waals surface area contributed by atoms with Crippen LogP contribution >= 0.6 is 0 Å². The third-order valence-electron chi connectivity index (χ3n) is 6.17. The predicted octanol–water partition coefficient (Wildman–Crippen LogP) is 7.00. The van der Waals surface area contributed by atoms with Crippen molar-refractivity contribution in [3.63, 3.8) is 0 Å². The van der Waals surface area contributed by atoms with Gasteiger partial charge in [0.1, 0.15) is 11.3 Å². The molecule has 184 valence electrons. The average Bonchev–Trinajstić information content (AvgIpc) is 3.30. The lowest BCUT2D eigenvalue weighted by Gasteiger charge is -2.20. The van der Waals surface area contributed by atoms with E-state index in [0.29, 0.717) is 25.5 Å². The summed E-state index contributed by atoms with van der Waals surface area (Å²) < 4.78 is 17.5. The Bertz CT molecular complexity index is 1280. The molecule has 0 N–H and O–H groups in total. The smallest absolute Gasteiger partial charge is 0.305 e. The first-order chi connectivity index (χ1) is 17.1. The molecular weight excluding hydrogens is 440 g/mol. The van der Waals surface area contributed by atoms with Crippen LogP contribution in [-0.2, 0) is 9.53 Å². The topological polar surface area (TPSA) is 64.8 Å². The van der Waals surface area contributed by atoms with Crippen LogP contribution in [0.1, 0.15) is 46.5 Å². The molecule has 3 aromatic carbocycles. The number of anilines is 1. The molecular formula is C29H34N2O4. The zero-order chi connectivity index (χ0) is 24.6. The fraction of sp³-hybridized carbons (Fsp3) is 0.379. The predicted molar refractivity (Wildman–Crippen MR) is 141 cm³/mol. The zero-order valence-corrected chi connectivity index (χ0v) is 20.9. The van der Waals surface area contributed by atoms with Crippen molar-refractivity contribution in [3.05, 3.63) is 54.6 Å². The van der Waals surface area contributed by atoms with Crippen molar-refractivity contribution in [2.24, 2.45) is 0 Å². The highest BCUT2D eigenvalue weighted by Crippen LogP contribution is 2.36. The monoisotopic (exact) mass is 474 g/mol. The third-order valence-corrected chi connectivity index (χ3v) is 6.17. The molecule has 0 aliphatic heterocycles. The Morgan fingerprint density at radius 3 is 2.46 bits per heavy atom.